The lowest BCUT2D eigenvalue weighted by molar-refractivity contribution is -0.138. The van der Waals surface area contributed by atoms with Gasteiger partial charge >= 0.3 is 5.97 Å². The Hall–Kier alpha value is -3.16. The molecular formula is C22H26N4O4. The van der Waals surface area contributed by atoms with Gasteiger partial charge in [-0.05, 0) is 55.2 Å². The van der Waals surface area contributed by atoms with Crippen LogP contribution in [0.5, 0.6) is 5.88 Å². The fourth-order valence-corrected chi connectivity index (χ4v) is 4.45. The van der Waals surface area contributed by atoms with Gasteiger partial charge in [-0.3, -0.25) is 9.59 Å². The van der Waals surface area contributed by atoms with E-state index < -0.39 is 5.97 Å². The number of fused-ring (bicyclic) bond motifs is 1. The first-order valence-electron chi connectivity index (χ1n) is 10.4. The van der Waals surface area contributed by atoms with Gasteiger partial charge in [-0.1, -0.05) is 12.1 Å². The Bertz CT molecular complexity index is 923. The van der Waals surface area contributed by atoms with E-state index in [2.05, 4.69) is 27.4 Å². The van der Waals surface area contributed by atoms with Crippen molar-refractivity contribution in [1.82, 2.24) is 9.97 Å². The molecule has 1 aliphatic heterocycles. The molecule has 30 heavy (non-hydrogen) atoms. The average molecular weight is 410 g/mol. The Kier molecular flexibility index (Phi) is 5.83. The second-order valence-corrected chi connectivity index (χ2v) is 7.86. The van der Waals surface area contributed by atoms with Crippen LogP contribution < -0.4 is 15.0 Å². The summed E-state index contributed by atoms with van der Waals surface area (Å²) in [6.07, 6.45) is 5.56. The minimum absolute atomic E-state index is 0.186. The molecule has 2 N–H and O–H groups in total. The van der Waals surface area contributed by atoms with Gasteiger partial charge in [0.15, 0.2) is 0 Å². The number of hydrogen-bond acceptors (Lipinski definition) is 6. The van der Waals surface area contributed by atoms with Crippen LogP contribution in [0, 0.1) is 5.92 Å². The van der Waals surface area contributed by atoms with Gasteiger partial charge in [-0.2, -0.15) is 0 Å². The quantitative estimate of drug-likeness (QED) is 0.779. The van der Waals surface area contributed by atoms with Crippen LogP contribution in [0.4, 0.5) is 11.5 Å². The van der Waals surface area contributed by atoms with E-state index in [0.29, 0.717) is 36.3 Å². The first-order valence-corrected chi connectivity index (χ1v) is 10.4. The van der Waals surface area contributed by atoms with Crippen molar-refractivity contribution in [3.05, 3.63) is 41.7 Å². The zero-order chi connectivity index (χ0) is 21.1. The van der Waals surface area contributed by atoms with E-state index in [1.54, 1.807) is 11.9 Å². The lowest BCUT2D eigenvalue weighted by Crippen LogP contribution is -2.32. The van der Waals surface area contributed by atoms with Gasteiger partial charge in [0.2, 0.25) is 5.88 Å². The van der Waals surface area contributed by atoms with E-state index in [0.717, 1.165) is 31.4 Å². The number of ether oxygens (including phenoxy) is 1. The largest absolute Gasteiger partial charge is 0.481 e. The number of carboxylic acid groups (broad SMARTS) is 1. The van der Waals surface area contributed by atoms with Gasteiger partial charge in [0.05, 0.1) is 6.54 Å². The average Bonchev–Trinajstić information content (AvgIpc) is 2.93. The fourth-order valence-electron chi connectivity index (χ4n) is 4.45. The molecule has 1 amide bonds. The van der Waals surface area contributed by atoms with Crippen LogP contribution >= 0.6 is 0 Å². The number of carbonyl (C=O) groups excluding carboxylic acids is 1. The van der Waals surface area contributed by atoms with Crippen molar-refractivity contribution in [3.63, 3.8) is 0 Å². The number of rotatable bonds is 5. The molecule has 0 saturated heterocycles. The molecule has 0 radical (unpaired) electrons. The van der Waals surface area contributed by atoms with E-state index in [4.69, 9.17) is 9.84 Å². The molecule has 0 spiro atoms. The molecule has 2 aliphatic rings. The van der Waals surface area contributed by atoms with Gasteiger partial charge in [0, 0.05) is 19.2 Å². The number of nitrogens with zero attached hydrogens (tertiary/aromatic N) is 3. The highest BCUT2D eigenvalue weighted by Crippen LogP contribution is 2.38. The maximum Gasteiger partial charge on any atom is 0.303 e. The van der Waals surface area contributed by atoms with Crippen LogP contribution in [0.1, 0.15) is 53.9 Å². The number of hydrogen-bond donors (Lipinski definition) is 2. The Morgan fingerprint density at radius 3 is 2.60 bits per heavy atom. The molecular weight excluding hydrogens is 384 g/mol. The van der Waals surface area contributed by atoms with Crippen molar-refractivity contribution in [2.24, 2.45) is 5.92 Å². The summed E-state index contributed by atoms with van der Waals surface area (Å²) >= 11 is 0. The first-order chi connectivity index (χ1) is 14.6. The monoisotopic (exact) mass is 410 g/mol. The summed E-state index contributed by atoms with van der Waals surface area (Å²) < 4.78 is 5.67. The van der Waals surface area contributed by atoms with Crippen LogP contribution in [0.2, 0.25) is 0 Å². The number of aliphatic carboxylic acids is 1. The molecule has 0 atom stereocenters. The third kappa shape index (κ3) is 4.08. The molecule has 1 aromatic heterocycles. The summed E-state index contributed by atoms with van der Waals surface area (Å²) in [5, 5.41) is 11.9. The smallest absolute Gasteiger partial charge is 0.303 e. The molecule has 2 heterocycles. The molecule has 0 unspecified atom stereocenters. The standard InChI is InChI=1S/C22H26N4O4/c1-23-20-19-21(25-13-24-20)30-11-10-26(22(19)29)17-8-6-16(7-9-17)15-4-2-14(3-5-15)12-18(27)28/h6-9,13-15H,2-5,10-12H2,1H3,(H,27,28)(H,23,24,25). The molecule has 1 aliphatic carbocycles. The SMILES string of the molecule is CNc1ncnc2c1C(=O)N(c1ccc(C3CCC(CC(=O)O)CC3)cc1)CCO2. The maximum absolute atomic E-state index is 13.2. The van der Waals surface area contributed by atoms with Crippen molar-refractivity contribution in [2.45, 2.75) is 38.0 Å². The summed E-state index contributed by atoms with van der Waals surface area (Å²) in [6, 6.07) is 8.12. The van der Waals surface area contributed by atoms with Crippen LogP contribution in [0.25, 0.3) is 0 Å². The highest BCUT2D eigenvalue weighted by atomic mass is 16.5. The molecule has 8 heteroatoms. The Morgan fingerprint density at radius 1 is 1.20 bits per heavy atom. The lowest BCUT2D eigenvalue weighted by Gasteiger charge is -2.28. The van der Waals surface area contributed by atoms with E-state index in [1.807, 2.05) is 12.1 Å². The normalized spacial score (nSPS) is 21.4. The number of nitrogens with one attached hydrogen (secondary N) is 1. The van der Waals surface area contributed by atoms with Gasteiger partial charge in [-0.15, -0.1) is 0 Å². The van der Waals surface area contributed by atoms with Gasteiger partial charge < -0.3 is 20.1 Å². The topological polar surface area (TPSA) is 105 Å². The number of anilines is 2. The molecule has 0 bridgehead atoms. The van der Waals surface area contributed by atoms with Crippen LogP contribution in [-0.4, -0.2) is 47.2 Å². The minimum atomic E-state index is -0.706. The van der Waals surface area contributed by atoms with Crippen LogP contribution in [-0.2, 0) is 4.79 Å². The first kappa shape index (κ1) is 20.1. The molecule has 4 rings (SSSR count). The number of amides is 1. The summed E-state index contributed by atoms with van der Waals surface area (Å²) in [4.78, 5) is 34.1. The van der Waals surface area contributed by atoms with E-state index >= 15 is 0 Å². The second kappa shape index (κ2) is 8.69. The third-order valence-corrected chi connectivity index (χ3v) is 6.05. The second-order valence-electron chi connectivity index (χ2n) is 7.86. The van der Waals surface area contributed by atoms with Crippen LogP contribution in [0.3, 0.4) is 0 Å². The summed E-state index contributed by atoms with van der Waals surface area (Å²) in [6.45, 7) is 0.784. The van der Waals surface area contributed by atoms with E-state index in [-0.39, 0.29) is 18.2 Å². The summed E-state index contributed by atoms with van der Waals surface area (Å²) in [5.74, 6) is 0.591. The molecule has 8 nitrogen and oxygen atoms in total. The number of aromatic nitrogens is 2. The van der Waals surface area contributed by atoms with E-state index in [9.17, 15) is 9.59 Å². The molecule has 2 aromatic rings. The molecule has 1 aromatic carbocycles. The summed E-state index contributed by atoms with van der Waals surface area (Å²) in [7, 11) is 1.71. The van der Waals surface area contributed by atoms with E-state index in [1.165, 1.54) is 11.9 Å². The number of carboxylic acids is 1. The number of benzene rings is 1. The molecule has 1 saturated carbocycles. The fraction of sp³-hybridized carbons (Fsp3) is 0.455. The highest BCUT2D eigenvalue weighted by Gasteiger charge is 2.29. The van der Waals surface area contributed by atoms with Gasteiger partial charge in [0.1, 0.15) is 24.3 Å². The molecule has 1 fully saturated rings. The highest BCUT2D eigenvalue weighted by molar-refractivity contribution is 6.10. The Balaban J connectivity index is 1.49. The van der Waals surface area contributed by atoms with Crippen molar-refractivity contribution in [3.8, 4) is 5.88 Å². The Morgan fingerprint density at radius 2 is 1.93 bits per heavy atom. The zero-order valence-corrected chi connectivity index (χ0v) is 17.0. The van der Waals surface area contributed by atoms with Crippen molar-refractivity contribution in [2.75, 3.05) is 30.4 Å². The molecule has 158 valence electrons. The third-order valence-electron chi connectivity index (χ3n) is 6.05. The van der Waals surface area contributed by atoms with Gasteiger partial charge in [-0.25, -0.2) is 9.97 Å². The zero-order valence-electron chi connectivity index (χ0n) is 17.0. The maximum atomic E-state index is 13.2. The number of carbonyl (C=O) groups is 2. The van der Waals surface area contributed by atoms with Gasteiger partial charge in [0.25, 0.3) is 5.91 Å². The predicted octanol–water partition coefficient (Wildman–Crippen LogP) is 3.31. The van der Waals surface area contributed by atoms with Crippen molar-refractivity contribution in [1.29, 1.82) is 0 Å². The predicted molar refractivity (Wildman–Crippen MR) is 112 cm³/mol. The van der Waals surface area contributed by atoms with Crippen molar-refractivity contribution < 1.29 is 19.4 Å². The lowest BCUT2D eigenvalue weighted by atomic mass is 9.77. The summed E-state index contributed by atoms with van der Waals surface area (Å²) in [5.41, 5.74) is 2.40. The minimum Gasteiger partial charge on any atom is -0.481 e. The Labute approximate surface area is 175 Å². The van der Waals surface area contributed by atoms with Crippen molar-refractivity contribution >= 4 is 23.4 Å². The van der Waals surface area contributed by atoms with Crippen LogP contribution in [0.15, 0.2) is 30.6 Å².